The topological polar surface area (TPSA) is 83.9 Å². The molecule has 0 aliphatic rings. The number of nitrogens with one attached hydrogen (secondary N) is 1. The number of rotatable bonds is 6. The minimum Gasteiger partial charge on any atom is -0.341 e. The molecule has 1 aromatic carbocycles. The lowest BCUT2D eigenvalue weighted by atomic mass is 10.1. The van der Waals surface area contributed by atoms with E-state index < -0.39 is 5.56 Å². The molecule has 3 aromatic rings. The molecule has 7 nitrogen and oxygen atoms in total. The quantitative estimate of drug-likeness (QED) is 0.726. The van der Waals surface area contributed by atoms with Gasteiger partial charge in [-0.25, -0.2) is 9.97 Å². The fourth-order valence-electron chi connectivity index (χ4n) is 2.82. The van der Waals surface area contributed by atoms with Gasteiger partial charge in [0.1, 0.15) is 17.2 Å². The number of carbonyl (C=O) groups is 1. The van der Waals surface area contributed by atoms with E-state index in [1.807, 2.05) is 49.0 Å². The summed E-state index contributed by atoms with van der Waals surface area (Å²) < 4.78 is 1.96. The summed E-state index contributed by atoms with van der Waals surface area (Å²) in [5.74, 6) is 1.09. The van der Waals surface area contributed by atoms with E-state index in [-0.39, 0.29) is 11.5 Å². The molecule has 2 aromatic heterocycles. The Morgan fingerprint density at radius 1 is 1.22 bits per heavy atom. The highest BCUT2D eigenvalue weighted by Gasteiger charge is 2.17. The Balaban J connectivity index is 1.66. The third-order valence-corrected chi connectivity index (χ3v) is 4.52. The summed E-state index contributed by atoms with van der Waals surface area (Å²) in [5, 5.41) is 0. The van der Waals surface area contributed by atoms with Crippen LogP contribution in [-0.2, 0) is 13.5 Å². The third-order valence-electron chi connectivity index (χ3n) is 4.52. The molecule has 2 heterocycles. The van der Waals surface area contributed by atoms with Crippen LogP contribution in [0.2, 0.25) is 0 Å². The van der Waals surface area contributed by atoms with Gasteiger partial charge in [-0.3, -0.25) is 9.59 Å². The van der Waals surface area contributed by atoms with Crippen molar-refractivity contribution in [3.63, 3.8) is 0 Å². The first-order chi connectivity index (χ1) is 13.0. The fraction of sp³-hybridized carbons (Fsp3) is 0.300. The number of aromatic amines is 1. The average molecular weight is 365 g/mol. The molecule has 0 saturated carbocycles. The maximum absolute atomic E-state index is 12.6. The molecule has 0 fully saturated rings. The summed E-state index contributed by atoms with van der Waals surface area (Å²) in [5.41, 5.74) is 1.55. The Hall–Kier alpha value is -3.22. The molecule has 27 heavy (non-hydrogen) atoms. The van der Waals surface area contributed by atoms with Crippen LogP contribution in [0.1, 0.15) is 28.2 Å². The van der Waals surface area contributed by atoms with E-state index in [2.05, 4.69) is 15.0 Å². The zero-order valence-electron chi connectivity index (χ0n) is 15.8. The zero-order chi connectivity index (χ0) is 19.4. The molecule has 3 rings (SSSR count). The summed E-state index contributed by atoms with van der Waals surface area (Å²) >= 11 is 0. The Labute approximate surface area is 157 Å². The molecule has 1 N–H and O–H groups in total. The lowest BCUT2D eigenvalue weighted by Crippen LogP contribution is -2.33. The van der Waals surface area contributed by atoms with Crippen LogP contribution in [0.15, 0.2) is 47.7 Å². The minimum atomic E-state index is -0.429. The number of hydrogen-bond acceptors (Lipinski definition) is 4. The van der Waals surface area contributed by atoms with Crippen molar-refractivity contribution in [2.24, 2.45) is 7.05 Å². The highest BCUT2D eigenvalue weighted by Crippen LogP contribution is 2.14. The van der Waals surface area contributed by atoms with Crippen LogP contribution in [-0.4, -0.2) is 43.9 Å². The SMILES string of the molecule is Cc1ccc(-c2ncc(C(=O)N(C)CCCc3nccn3C)c(=O)[nH]2)cc1. The second kappa shape index (κ2) is 7.99. The van der Waals surface area contributed by atoms with Crippen molar-refractivity contribution >= 4 is 5.91 Å². The third kappa shape index (κ3) is 4.31. The Bertz CT molecular complexity index is 988. The number of hydrogen-bond donors (Lipinski definition) is 1. The standard InChI is InChI=1S/C20H23N5O2/c1-14-6-8-15(9-7-14)18-22-13-16(19(26)23-18)20(27)25(3)11-4-5-17-21-10-12-24(17)2/h6-10,12-13H,4-5,11H2,1-3H3,(H,22,23,26). The maximum Gasteiger partial charge on any atom is 0.264 e. The number of H-pyrrole nitrogens is 1. The summed E-state index contributed by atoms with van der Waals surface area (Å²) in [4.78, 5) is 37.7. The van der Waals surface area contributed by atoms with E-state index in [0.29, 0.717) is 12.4 Å². The van der Waals surface area contributed by atoms with Gasteiger partial charge in [0.15, 0.2) is 0 Å². The van der Waals surface area contributed by atoms with E-state index in [4.69, 9.17) is 0 Å². The van der Waals surface area contributed by atoms with E-state index in [1.54, 1.807) is 18.1 Å². The first-order valence-corrected chi connectivity index (χ1v) is 8.83. The second-order valence-electron chi connectivity index (χ2n) is 6.63. The molecule has 0 aliphatic carbocycles. The van der Waals surface area contributed by atoms with Crippen molar-refractivity contribution < 1.29 is 4.79 Å². The molecule has 0 aliphatic heterocycles. The van der Waals surface area contributed by atoms with Gasteiger partial charge >= 0.3 is 0 Å². The van der Waals surface area contributed by atoms with Crippen LogP contribution in [0.25, 0.3) is 11.4 Å². The Morgan fingerprint density at radius 2 is 1.96 bits per heavy atom. The molecule has 0 spiro atoms. The zero-order valence-corrected chi connectivity index (χ0v) is 15.8. The van der Waals surface area contributed by atoms with Crippen molar-refractivity contribution in [1.29, 1.82) is 0 Å². The second-order valence-corrected chi connectivity index (χ2v) is 6.63. The summed E-state index contributed by atoms with van der Waals surface area (Å²) in [6.07, 6.45) is 6.53. The number of carbonyl (C=O) groups excluding carboxylic acids is 1. The number of benzene rings is 1. The first-order valence-electron chi connectivity index (χ1n) is 8.83. The molecule has 0 atom stereocenters. The molecular weight excluding hydrogens is 342 g/mol. The van der Waals surface area contributed by atoms with Crippen molar-refractivity contribution in [2.75, 3.05) is 13.6 Å². The van der Waals surface area contributed by atoms with Gasteiger partial charge in [0.05, 0.1) is 0 Å². The molecular formula is C20H23N5O2. The van der Waals surface area contributed by atoms with Gasteiger partial charge in [-0.2, -0.15) is 0 Å². The fourth-order valence-corrected chi connectivity index (χ4v) is 2.82. The van der Waals surface area contributed by atoms with Gasteiger partial charge in [0, 0.05) is 51.2 Å². The molecule has 1 amide bonds. The van der Waals surface area contributed by atoms with E-state index in [1.165, 1.54) is 6.20 Å². The minimum absolute atomic E-state index is 0.0466. The van der Waals surface area contributed by atoms with Crippen LogP contribution in [0.3, 0.4) is 0 Å². The molecule has 0 unspecified atom stereocenters. The largest absolute Gasteiger partial charge is 0.341 e. The van der Waals surface area contributed by atoms with Crippen molar-refractivity contribution in [1.82, 2.24) is 24.4 Å². The molecule has 7 heteroatoms. The van der Waals surface area contributed by atoms with Crippen molar-refractivity contribution in [3.8, 4) is 11.4 Å². The summed E-state index contributed by atoms with van der Waals surface area (Å²) in [6, 6.07) is 7.67. The van der Waals surface area contributed by atoms with Gasteiger partial charge in [-0.1, -0.05) is 29.8 Å². The monoisotopic (exact) mass is 365 g/mol. The predicted octanol–water partition coefficient (Wildman–Crippen LogP) is 2.18. The molecule has 140 valence electrons. The highest BCUT2D eigenvalue weighted by molar-refractivity contribution is 5.93. The lowest BCUT2D eigenvalue weighted by molar-refractivity contribution is 0.0791. The first kappa shape index (κ1) is 18.6. The number of amides is 1. The average Bonchev–Trinajstić information content (AvgIpc) is 3.06. The van der Waals surface area contributed by atoms with Gasteiger partial charge in [0.25, 0.3) is 11.5 Å². The summed E-state index contributed by atoms with van der Waals surface area (Å²) in [7, 11) is 3.63. The van der Waals surface area contributed by atoms with Gasteiger partial charge in [-0.05, 0) is 13.3 Å². The van der Waals surface area contributed by atoms with Crippen molar-refractivity contribution in [2.45, 2.75) is 19.8 Å². The normalized spacial score (nSPS) is 10.8. The predicted molar refractivity (Wildman–Crippen MR) is 104 cm³/mol. The summed E-state index contributed by atoms with van der Waals surface area (Å²) in [6.45, 7) is 2.52. The van der Waals surface area contributed by atoms with Crippen LogP contribution in [0.4, 0.5) is 0 Å². The number of aryl methyl sites for hydroxylation is 3. The Morgan fingerprint density at radius 3 is 2.59 bits per heavy atom. The van der Waals surface area contributed by atoms with Gasteiger partial charge < -0.3 is 14.5 Å². The molecule has 0 bridgehead atoms. The molecule has 0 radical (unpaired) electrons. The number of nitrogens with zero attached hydrogens (tertiary/aromatic N) is 4. The Kier molecular flexibility index (Phi) is 5.49. The highest BCUT2D eigenvalue weighted by atomic mass is 16.2. The van der Waals surface area contributed by atoms with Crippen LogP contribution >= 0.6 is 0 Å². The van der Waals surface area contributed by atoms with E-state index in [9.17, 15) is 9.59 Å². The number of imidazole rings is 1. The lowest BCUT2D eigenvalue weighted by Gasteiger charge is -2.16. The number of aromatic nitrogens is 4. The van der Waals surface area contributed by atoms with E-state index >= 15 is 0 Å². The van der Waals surface area contributed by atoms with Crippen LogP contribution in [0, 0.1) is 6.92 Å². The van der Waals surface area contributed by atoms with Gasteiger partial charge in [-0.15, -0.1) is 0 Å². The van der Waals surface area contributed by atoms with E-state index in [0.717, 1.165) is 29.8 Å². The smallest absolute Gasteiger partial charge is 0.264 e. The van der Waals surface area contributed by atoms with Crippen LogP contribution in [0.5, 0.6) is 0 Å². The van der Waals surface area contributed by atoms with Crippen LogP contribution < -0.4 is 5.56 Å². The van der Waals surface area contributed by atoms with Crippen molar-refractivity contribution in [3.05, 3.63) is 70.2 Å². The van der Waals surface area contributed by atoms with Gasteiger partial charge in [0.2, 0.25) is 0 Å². The maximum atomic E-state index is 12.6. The molecule has 0 saturated heterocycles.